The van der Waals surface area contributed by atoms with E-state index in [0.29, 0.717) is 17.5 Å². The number of anilines is 3. The molecular weight excluding hydrogens is 252 g/mol. The van der Waals surface area contributed by atoms with E-state index in [0.717, 1.165) is 6.26 Å². The summed E-state index contributed by atoms with van der Waals surface area (Å²) in [4.78, 5) is 8.17. The standard InChI is InChI=1S/C11H12N4O2S/c1-18(16,17)9-4-2-3-8(7-9)14-11-13-6-5-10(12)15-11/h2-7H,1H3,(H3,12,13,14,15). The summed E-state index contributed by atoms with van der Waals surface area (Å²) >= 11 is 0. The van der Waals surface area contributed by atoms with E-state index >= 15 is 0 Å². The smallest absolute Gasteiger partial charge is 0.229 e. The van der Waals surface area contributed by atoms with Gasteiger partial charge < -0.3 is 11.1 Å². The fraction of sp³-hybridized carbons (Fsp3) is 0.0909. The molecule has 2 rings (SSSR count). The minimum Gasteiger partial charge on any atom is -0.384 e. The van der Waals surface area contributed by atoms with Crippen LogP contribution < -0.4 is 11.1 Å². The first-order valence-corrected chi connectivity index (χ1v) is 7.00. The minimum absolute atomic E-state index is 0.233. The van der Waals surface area contributed by atoms with Gasteiger partial charge in [0, 0.05) is 18.1 Å². The first kappa shape index (κ1) is 12.3. The number of nitrogens with one attached hydrogen (secondary N) is 1. The van der Waals surface area contributed by atoms with Gasteiger partial charge in [0.25, 0.3) is 0 Å². The third kappa shape index (κ3) is 2.95. The third-order valence-corrected chi connectivity index (χ3v) is 3.31. The van der Waals surface area contributed by atoms with Crippen molar-refractivity contribution >= 4 is 27.3 Å². The molecule has 1 aromatic heterocycles. The summed E-state index contributed by atoms with van der Waals surface area (Å²) < 4.78 is 22.8. The highest BCUT2D eigenvalue weighted by Crippen LogP contribution is 2.18. The summed E-state index contributed by atoms with van der Waals surface area (Å²) in [5.41, 5.74) is 6.11. The van der Waals surface area contributed by atoms with Crippen LogP contribution in [0.15, 0.2) is 41.4 Å². The van der Waals surface area contributed by atoms with Crippen LogP contribution in [0.2, 0.25) is 0 Å². The number of nitrogens with two attached hydrogens (primary N) is 1. The van der Waals surface area contributed by atoms with E-state index in [1.165, 1.54) is 18.3 Å². The van der Waals surface area contributed by atoms with E-state index in [4.69, 9.17) is 5.73 Å². The second-order valence-electron chi connectivity index (χ2n) is 3.73. The van der Waals surface area contributed by atoms with Crippen molar-refractivity contribution in [3.8, 4) is 0 Å². The second-order valence-corrected chi connectivity index (χ2v) is 5.75. The van der Waals surface area contributed by atoms with Crippen LogP contribution in [0.25, 0.3) is 0 Å². The fourth-order valence-electron chi connectivity index (χ4n) is 1.37. The van der Waals surface area contributed by atoms with Gasteiger partial charge >= 0.3 is 0 Å². The Morgan fingerprint density at radius 2 is 2.06 bits per heavy atom. The Morgan fingerprint density at radius 3 is 2.72 bits per heavy atom. The van der Waals surface area contributed by atoms with Crippen molar-refractivity contribution in [2.75, 3.05) is 17.3 Å². The summed E-state index contributed by atoms with van der Waals surface area (Å²) in [7, 11) is -3.23. The molecule has 0 saturated heterocycles. The Morgan fingerprint density at radius 1 is 1.28 bits per heavy atom. The maximum atomic E-state index is 11.4. The van der Waals surface area contributed by atoms with Gasteiger partial charge in [0.05, 0.1) is 4.90 Å². The van der Waals surface area contributed by atoms with Crippen LogP contribution in [-0.4, -0.2) is 24.6 Å². The molecule has 0 radical (unpaired) electrons. The van der Waals surface area contributed by atoms with Crippen LogP contribution in [0.1, 0.15) is 0 Å². The lowest BCUT2D eigenvalue weighted by Gasteiger charge is -2.06. The van der Waals surface area contributed by atoms with E-state index in [9.17, 15) is 8.42 Å². The molecule has 1 aromatic carbocycles. The van der Waals surface area contributed by atoms with Crippen molar-refractivity contribution in [2.24, 2.45) is 0 Å². The first-order chi connectivity index (χ1) is 8.45. The molecule has 1 heterocycles. The SMILES string of the molecule is CS(=O)(=O)c1cccc(Nc2nccc(N)n2)c1. The molecule has 0 aliphatic heterocycles. The van der Waals surface area contributed by atoms with Crippen molar-refractivity contribution in [1.29, 1.82) is 0 Å². The predicted molar refractivity (Wildman–Crippen MR) is 69.3 cm³/mol. The number of sulfone groups is 1. The molecule has 94 valence electrons. The molecule has 18 heavy (non-hydrogen) atoms. The van der Waals surface area contributed by atoms with E-state index in [1.54, 1.807) is 18.2 Å². The van der Waals surface area contributed by atoms with Gasteiger partial charge in [0.15, 0.2) is 9.84 Å². The van der Waals surface area contributed by atoms with Crippen molar-refractivity contribution in [3.63, 3.8) is 0 Å². The van der Waals surface area contributed by atoms with Crippen molar-refractivity contribution in [1.82, 2.24) is 9.97 Å². The zero-order chi connectivity index (χ0) is 13.2. The second kappa shape index (κ2) is 4.61. The lowest BCUT2D eigenvalue weighted by Crippen LogP contribution is -2.01. The van der Waals surface area contributed by atoms with Crippen LogP contribution in [-0.2, 0) is 9.84 Å². The number of nitrogen functional groups attached to an aromatic ring is 1. The quantitative estimate of drug-likeness (QED) is 0.864. The van der Waals surface area contributed by atoms with Crippen molar-refractivity contribution in [2.45, 2.75) is 4.90 Å². The number of rotatable bonds is 3. The van der Waals surface area contributed by atoms with Crippen LogP contribution in [0.5, 0.6) is 0 Å². The number of nitrogens with zero attached hydrogens (tertiary/aromatic N) is 2. The molecule has 0 spiro atoms. The van der Waals surface area contributed by atoms with E-state index < -0.39 is 9.84 Å². The molecule has 0 aliphatic rings. The highest BCUT2D eigenvalue weighted by Gasteiger charge is 2.07. The maximum absolute atomic E-state index is 11.4. The zero-order valence-electron chi connectivity index (χ0n) is 9.66. The van der Waals surface area contributed by atoms with Gasteiger partial charge in [-0.3, -0.25) is 0 Å². The van der Waals surface area contributed by atoms with Crippen LogP contribution >= 0.6 is 0 Å². The summed E-state index contributed by atoms with van der Waals surface area (Å²) in [5.74, 6) is 0.660. The van der Waals surface area contributed by atoms with E-state index in [2.05, 4.69) is 15.3 Å². The van der Waals surface area contributed by atoms with Crippen LogP contribution in [0, 0.1) is 0 Å². The molecule has 0 amide bonds. The fourth-order valence-corrected chi connectivity index (χ4v) is 2.03. The molecule has 0 atom stereocenters. The molecular formula is C11H12N4O2S. The minimum atomic E-state index is -3.23. The summed E-state index contributed by atoms with van der Waals surface area (Å²) in [6.07, 6.45) is 2.67. The van der Waals surface area contributed by atoms with E-state index in [1.807, 2.05) is 0 Å². The normalized spacial score (nSPS) is 11.2. The Labute approximate surface area is 105 Å². The summed E-state index contributed by atoms with van der Waals surface area (Å²) in [6.45, 7) is 0. The average Bonchev–Trinajstić information content (AvgIpc) is 2.28. The molecule has 2 aromatic rings. The Hall–Kier alpha value is -2.15. The van der Waals surface area contributed by atoms with Gasteiger partial charge in [0.1, 0.15) is 5.82 Å². The van der Waals surface area contributed by atoms with Gasteiger partial charge in [0.2, 0.25) is 5.95 Å². The zero-order valence-corrected chi connectivity index (χ0v) is 10.5. The van der Waals surface area contributed by atoms with Gasteiger partial charge in [-0.05, 0) is 24.3 Å². The molecule has 0 saturated carbocycles. The van der Waals surface area contributed by atoms with E-state index in [-0.39, 0.29) is 4.90 Å². The van der Waals surface area contributed by atoms with Crippen molar-refractivity contribution in [3.05, 3.63) is 36.5 Å². The lowest BCUT2D eigenvalue weighted by atomic mass is 10.3. The van der Waals surface area contributed by atoms with Gasteiger partial charge in [-0.25, -0.2) is 13.4 Å². The predicted octanol–water partition coefficient (Wildman–Crippen LogP) is 1.21. The number of hydrogen-bond donors (Lipinski definition) is 2. The maximum Gasteiger partial charge on any atom is 0.229 e. The Kier molecular flexibility index (Phi) is 3.15. The highest BCUT2D eigenvalue weighted by atomic mass is 32.2. The first-order valence-electron chi connectivity index (χ1n) is 5.11. The average molecular weight is 264 g/mol. The Balaban J connectivity index is 2.30. The monoisotopic (exact) mass is 264 g/mol. The molecule has 6 nitrogen and oxygen atoms in total. The number of aromatic nitrogens is 2. The third-order valence-electron chi connectivity index (χ3n) is 2.20. The molecule has 7 heteroatoms. The molecule has 0 bridgehead atoms. The molecule has 0 aliphatic carbocycles. The van der Waals surface area contributed by atoms with Gasteiger partial charge in [-0.2, -0.15) is 4.98 Å². The largest absolute Gasteiger partial charge is 0.384 e. The number of benzene rings is 1. The molecule has 0 unspecified atom stereocenters. The highest BCUT2D eigenvalue weighted by molar-refractivity contribution is 7.90. The summed E-state index contributed by atoms with van der Waals surface area (Å²) in [5, 5.41) is 2.89. The van der Waals surface area contributed by atoms with Crippen LogP contribution in [0.3, 0.4) is 0 Å². The Bertz CT molecular complexity index is 670. The molecule has 3 N–H and O–H groups in total. The van der Waals surface area contributed by atoms with Crippen LogP contribution in [0.4, 0.5) is 17.5 Å². The molecule has 0 fully saturated rings. The summed E-state index contributed by atoms with van der Waals surface area (Å²) in [6, 6.07) is 7.98. The van der Waals surface area contributed by atoms with Gasteiger partial charge in [-0.1, -0.05) is 6.07 Å². The topological polar surface area (TPSA) is 98.0 Å². The van der Waals surface area contributed by atoms with Gasteiger partial charge in [-0.15, -0.1) is 0 Å². The number of hydrogen-bond acceptors (Lipinski definition) is 6. The lowest BCUT2D eigenvalue weighted by molar-refractivity contribution is 0.602. The van der Waals surface area contributed by atoms with Crippen molar-refractivity contribution < 1.29 is 8.42 Å².